The zero-order chi connectivity index (χ0) is 23.0. The predicted molar refractivity (Wildman–Crippen MR) is 110 cm³/mol. The van der Waals surface area contributed by atoms with E-state index in [0.717, 1.165) is 0 Å². The van der Waals surface area contributed by atoms with Crippen LogP contribution in [0.15, 0.2) is 53.4 Å². The molecule has 0 aliphatic heterocycles. The molecule has 0 N–H and O–H groups in total. The minimum absolute atomic E-state index is 0.0378. The van der Waals surface area contributed by atoms with Crippen molar-refractivity contribution >= 4 is 42.0 Å². The van der Waals surface area contributed by atoms with Crippen molar-refractivity contribution in [2.24, 2.45) is 0 Å². The van der Waals surface area contributed by atoms with Crippen molar-refractivity contribution in [3.8, 4) is 22.4 Å². The average Bonchev–Trinajstić information content (AvgIpc) is 2.66. The molecular weight excluding hydrogens is 500 g/mol. The Morgan fingerprint density at radius 3 is 1.94 bits per heavy atom. The molecule has 13 heteroatoms. The van der Waals surface area contributed by atoms with Gasteiger partial charge in [-0.25, -0.2) is 26.8 Å². The summed E-state index contributed by atoms with van der Waals surface area (Å²) in [5.74, 6) is -1.68. The first-order valence-corrected chi connectivity index (χ1v) is 12.3. The van der Waals surface area contributed by atoms with Gasteiger partial charge in [0.05, 0.1) is 16.3 Å². The zero-order valence-corrected chi connectivity index (χ0v) is 18.3. The highest BCUT2D eigenvalue weighted by Gasteiger charge is 2.36. The van der Waals surface area contributed by atoms with Crippen LogP contribution in [0.4, 0.5) is 13.2 Å². The van der Waals surface area contributed by atoms with Crippen LogP contribution >= 0.6 is 22.3 Å². The van der Waals surface area contributed by atoms with Crippen molar-refractivity contribution in [3.05, 3.63) is 65.1 Å². The van der Waals surface area contributed by atoms with Crippen LogP contribution in [0.2, 0.25) is 5.15 Å². The van der Waals surface area contributed by atoms with E-state index in [1.54, 1.807) is 0 Å². The van der Waals surface area contributed by atoms with Crippen LogP contribution in [0.1, 0.15) is 11.4 Å². The molecule has 0 spiro atoms. The summed E-state index contributed by atoms with van der Waals surface area (Å²) in [4.78, 5) is 6.76. The number of aromatic nitrogens is 2. The molecule has 0 radical (unpaired) electrons. The minimum atomic E-state index is -4.87. The molecule has 31 heavy (non-hydrogen) atoms. The summed E-state index contributed by atoms with van der Waals surface area (Å²) in [6.07, 6.45) is -4.87. The summed E-state index contributed by atoms with van der Waals surface area (Å²) >= 11 is 6.08. The van der Waals surface area contributed by atoms with Gasteiger partial charge in [0, 0.05) is 21.8 Å². The maximum absolute atomic E-state index is 13.3. The maximum atomic E-state index is 13.3. The molecule has 0 fully saturated rings. The van der Waals surface area contributed by atoms with E-state index in [0.29, 0.717) is 5.56 Å². The van der Waals surface area contributed by atoms with E-state index in [9.17, 15) is 30.0 Å². The Morgan fingerprint density at radius 2 is 1.45 bits per heavy atom. The van der Waals surface area contributed by atoms with Gasteiger partial charge in [-0.1, -0.05) is 48.0 Å². The second-order valence-electron chi connectivity index (χ2n) is 6.21. The number of alkyl halides is 3. The lowest BCUT2D eigenvalue weighted by molar-refractivity contribution is -0.144. The van der Waals surface area contributed by atoms with Crippen LogP contribution in [0.3, 0.4) is 0 Å². The third-order valence-electron chi connectivity index (χ3n) is 4.08. The first-order chi connectivity index (χ1) is 14.4. The Morgan fingerprint density at radius 1 is 0.903 bits per heavy atom. The zero-order valence-electron chi connectivity index (χ0n) is 15.1. The van der Waals surface area contributed by atoms with Gasteiger partial charge in [-0.2, -0.15) is 13.2 Å². The first-order valence-electron chi connectivity index (χ1n) is 8.27. The van der Waals surface area contributed by atoms with E-state index in [2.05, 4.69) is 9.97 Å². The lowest BCUT2D eigenvalue weighted by atomic mass is 10.00. The van der Waals surface area contributed by atoms with Gasteiger partial charge in [-0.3, -0.25) is 0 Å². The SMILES string of the molecule is O=[SH](=O)Cc1ccc(-c2nc(C(F)(F)F)nc(Cl)c2-c2ccc(S(=O)(=O)Cl)cc2)cc1. The third-order valence-corrected chi connectivity index (χ3v) is 6.35. The Kier molecular flexibility index (Phi) is 6.61. The number of benzene rings is 2. The van der Waals surface area contributed by atoms with Crippen LogP contribution in [0.5, 0.6) is 0 Å². The number of hydrogen-bond donors (Lipinski definition) is 1. The topological polar surface area (TPSA) is 94.1 Å². The first kappa shape index (κ1) is 23.5. The lowest BCUT2D eigenvalue weighted by Gasteiger charge is -2.14. The summed E-state index contributed by atoms with van der Waals surface area (Å²) in [6.45, 7) is 0. The minimum Gasteiger partial charge on any atom is -0.232 e. The summed E-state index contributed by atoms with van der Waals surface area (Å²) in [5, 5.41) is -0.495. The quantitative estimate of drug-likeness (QED) is 0.308. The van der Waals surface area contributed by atoms with Gasteiger partial charge in [-0.05, 0) is 23.3 Å². The molecule has 1 aromatic heterocycles. The van der Waals surface area contributed by atoms with Crippen molar-refractivity contribution in [1.29, 1.82) is 0 Å². The fourth-order valence-corrected chi connectivity index (χ4v) is 4.28. The Hall–Kier alpha value is -2.21. The largest absolute Gasteiger partial charge is 0.451 e. The molecule has 6 nitrogen and oxygen atoms in total. The lowest BCUT2D eigenvalue weighted by Crippen LogP contribution is -2.12. The number of nitrogens with zero attached hydrogens (tertiary/aromatic N) is 2. The second kappa shape index (κ2) is 8.73. The molecule has 0 amide bonds. The highest BCUT2D eigenvalue weighted by atomic mass is 35.7. The standard InChI is InChI=1S/C18H11Cl2F3N2O4S2/c19-16-14(11-5-7-13(8-6-11)31(20,28)29)15(24-17(25-16)18(21,22)23)12-3-1-10(2-4-12)9-30(26)27/h1-8,30H,9H2. The van der Waals surface area contributed by atoms with E-state index < -0.39 is 36.9 Å². The van der Waals surface area contributed by atoms with Gasteiger partial charge >= 0.3 is 6.18 Å². The van der Waals surface area contributed by atoms with Crippen molar-refractivity contribution in [2.75, 3.05) is 0 Å². The molecule has 0 saturated carbocycles. The van der Waals surface area contributed by atoms with Crippen LogP contribution in [-0.2, 0) is 31.7 Å². The number of hydrogen-bond acceptors (Lipinski definition) is 6. The van der Waals surface area contributed by atoms with E-state index in [1.165, 1.54) is 48.5 Å². The van der Waals surface area contributed by atoms with Gasteiger partial charge < -0.3 is 0 Å². The normalized spacial score (nSPS) is 12.3. The van der Waals surface area contributed by atoms with Crippen LogP contribution in [-0.4, -0.2) is 26.8 Å². The molecule has 3 rings (SSSR count). The van der Waals surface area contributed by atoms with Crippen LogP contribution in [0, 0.1) is 0 Å². The number of thiol groups is 1. The third kappa shape index (κ3) is 5.53. The summed E-state index contributed by atoms with van der Waals surface area (Å²) < 4.78 is 84.4. The maximum Gasteiger partial charge on any atom is 0.451 e. The van der Waals surface area contributed by atoms with E-state index in [4.69, 9.17) is 22.3 Å². The predicted octanol–water partition coefficient (Wildman–Crippen LogP) is 4.52. The molecule has 2 aromatic carbocycles. The fraction of sp³-hybridized carbons (Fsp3) is 0.111. The van der Waals surface area contributed by atoms with E-state index in [1.807, 2.05) is 0 Å². The van der Waals surface area contributed by atoms with Crippen LogP contribution < -0.4 is 0 Å². The Labute approximate surface area is 186 Å². The number of rotatable bonds is 5. The van der Waals surface area contributed by atoms with Crippen molar-refractivity contribution in [1.82, 2.24) is 9.97 Å². The highest BCUT2D eigenvalue weighted by molar-refractivity contribution is 8.13. The average molecular weight is 511 g/mol. The summed E-state index contributed by atoms with van der Waals surface area (Å²) in [5.41, 5.74) is 0.796. The highest BCUT2D eigenvalue weighted by Crippen LogP contribution is 2.39. The summed E-state index contributed by atoms with van der Waals surface area (Å²) in [6, 6.07) is 10.7. The van der Waals surface area contributed by atoms with Gasteiger partial charge in [0.15, 0.2) is 0 Å². The second-order valence-corrected chi connectivity index (χ2v) is 10.1. The monoisotopic (exact) mass is 510 g/mol. The fourth-order valence-electron chi connectivity index (χ4n) is 2.73. The van der Waals surface area contributed by atoms with Gasteiger partial charge in [-0.15, -0.1) is 0 Å². The molecule has 0 saturated heterocycles. The molecule has 3 aromatic rings. The molecule has 1 heterocycles. The molecule has 164 valence electrons. The molecule has 0 aliphatic rings. The molecule has 0 bridgehead atoms. The van der Waals surface area contributed by atoms with Crippen molar-refractivity contribution < 1.29 is 30.0 Å². The summed E-state index contributed by atoms with van der Waals surface area (Å²) in [7, 11) is -1.39. The van der Waals surface area contributed by atoms with E-state index >= 15 is 0 Å². The van der Waals surface area contributed by atoms with E-state index in [-0.39, 0.29) is 33.0 Å². The van der Waals surface area contributed by atoms with Gasteiger partial charge in [0.2, 0.25) is 5.82 Å². The van der Waals surface area contributed by atoms with Crippen molar-refractivity contribution in [3.63, 3.8) is 0 Å². The Bertz CT molecular complexity index is 1300. The van der Waals surface area contributed by atoms with Gasteiger partial charge in [0.25, 0.3) is 9.05 Å². The molecule has 0 atom stereocenters. The smallest absolute Gasteiger partial charge is 0.232 e. The molecule has 0 aliphatic carbocycles. The molecule has 0 unspecified atom stereocenters. The van der Waals surface area contributed by atoms with Crippen molar-refractivity contribution in [2.45, 2.75) is 16.8 Å². The Balaban J connectivity index is 2.21. The number of halogens is 5. The van der Waals surface area contributed by atoms with Crippen LogP contribution in [0.25, 0.3) is 22.4 Å². The van der Waals surface area contributed by atoms with Gasteiger partial charge in [0.1, 0.15) is 15.9 Å². The molecular formula is C18H11Cl2F3N2O4S2.